The van der Waals surface area contributed by atoms with Gasteiger partial charge in [-0.05, 0) is 56.7 Å². The molecule has 1 saturated carbocycles. The molecule has 0 unspecified atom stereocenters. The first-order valence-electron chi connectivity index (χ1n) is 8.00. The van der Waals surface area contributed by atoms with Crippen molar-refractivity contribution in [3.8, 4) is 0 Å². The lowest BCUT2D eigenvalue weighted by Crippen LogP contribution is -2.56. The van der Waals surface area contributed by atoms with Gasteiger partial charge in [-0.2, -0.15) is 0 Å². The minimum Gasteiger partial charge on any atom is -0.311 e. The minimum atomic E-state index is 0.177. The average molecular weight is 274 g/mol. The summed E-state index contributed by atoms with van der Waals surface area (Å²) in [5.41, 5.74) is 2.50. The third-order valence-corrected chi connectivity index (χ3v) is 5.18. The second-order valence-corrected chi connectivity index (χ2v) is 7.68. The first kappa shape index (κ1) is 15.5. The molecule has 0 aliphatic heterocycles. The van der Waals surface area contributed by atoms with Gasteiger partial charge in [0.05, 0.1) is 0 Å². The molecule has 1 fully saturated rings. The van der Waals surface area contributed by atoms with Gasteiger partial charge in [0.2, 0.25) is 0 Å². The number of rotatable bonds is 5. The van der Waals surface area contributed by atoms with Crippen LogP contribution in [0.15, 0.2) is 24.5 Å². The largest absolute Gasteiger partial charge is 0.311 e. The van der Waals surface area contributed by atoms with Crippen molar-refractivity contribution in [1.29, 1.82) is 0 Å². The summed E-state index contributed by atoms with van der Waals surface area (Å²) in [6.45, 7) is 12.5. The Kier molecular flexibility index (Phi) is 4.24. The normalized spacial score (nSPS) is 20.4. The van der Waals surface area contributed by atoms with Gasteiger partial charge in [-0.25, -0.2) is 0 Å². The molecular weight excluding hydrogens is 244 g/mol. The van der Waals surface area contributed by atoms with Crippen LogP contribution in [0.5, 0.6) is 0 Å². The van der Waals surface area contributed by atoms with Crippen molar-refractivity contribution in [3.63, 3.8) is 0 Å². The summed E-state index contributed by atoms with van der Waals surface area (Å²) in [6.07, 6.45) is 9.08. The Balaban J connectivity index is 2.19. The Morgan fingerprint density at radius 2 is 1.65 bits per heavy atom. The molecule has 0 saturated heterocycles. The lowest BCUT2D eigenvalue weighted by atomic mass is 9.48. The fraction of sp³-hybridized carbons (Fsp3) is 0.722. The smallest absolute Gasteiger partial charge is 0.0270 e. The van der Waals surface area contributed by atoms with Crippen molar-refractivity contribution in [3.05, 3.63) is 30.1 Å². The summed E-state index contributed by atoms with van der Waals surface area (Å²) in [4.78, 5) is 4.18. The van der Waals surface area contributed by atoms with E-state index in [1.54, 1.807) is 0 Å². The first-order valence-corrected chi connectivity index (χ1v) is 8.00. The molecule has 0 radical (unpaired) electrons. The van der Waals surface area contributed by atoms with Gasteiger partial charge in [0, 0.05) is 29.9 Å². The maximum atomic E-state index is 4.18. The van der Waals surface area contributed by atoms with E-state index in [9.17, 15) is 0 Å². The number of nitrogens with one attached hydrogen (secondary N) is 1. The molecule has 1 aromatic heterocycles. The second kappa shape index (κ2) is 5.48. The predicted octanol–water partition coefficient (Wildman–Crippen LogP) is 4.31. The van der Waals surface area contributed by atoms with Crippen LogP contribution in [0, 0.1) is 5.41 Å². The molecule has 0 aromatic carbocycles. The Morgan fingerprint density at radius 3 is 2.10 bits per heavy atom. The standard InChI is InChI=1S/C18H30N2/c1-6-17(7-2)12-18(13-17,14-20-16(3,4)5)15-8-10-19-11-9-15/h8-11,20H,6-7,12-14H2,1-5H3. The van der Waals surface area contributed by atoms with Gasteiger partial charge in [-0.1, -0.05) is 26.7 Å². The van der Waals surface area contributed by atoms with E-state index in [-0.39, 0.29) is 5.54 Å². The lowest BCUT2D eigenvalue weighted by Gasteiger charge is -2.57. The lowest BCUT2D eigenvalue weighted by molar-refractivity contribution is 0.00938. The summed E-state index contributed by atoms with van der Waals surface area (Å²) in [7, 11) is 0. The highest BCUT2D eigenvalue weighted by atomic mass is 15.0. The summed E-state index contributed by atoms with van der Waals surface area (Å²) in [5, 5.41) is 3.73. The van der Waals surface area contributed by atoms with Crippen LogP contribution in [0.1, 0.15) is 65.9 Å². The zero-order chi connectivity index (χ0) is 14.9. The third-order valence-electron chi connectivity index (χ3n) is 5.18. The van der Waals surface area contributed by atoms with Gasteiger partial charge in [-0.15, -0.1) is 0 Å². The zero-order valence-corrected chi connectivity index (χ0v) is 13.8. The van der Waals surface area contributed by atoms with E-state index in [1.807, 2.05) is 12.4 Å². The molecule has 0 spiro atoms. The van der Waals surface area contributed by atoms with Crippen LogP contribution in [-0.2, 0) is 5.41 Å². The molecule has 1 aliphatic carbocycles. The van der Waals surface area contributed by atoms with Crippen LogP contribution in [0.4, 0.5) is 0 Å². The highest BCUT2D eigenvalue weighted by Crippen LogP contribution is 2.59. The number of nitrogens with zero attached hydrogens (tertiary/aromatic N) is 1. The highest BCUT2D eigenvalue weighted by molar-refractivity contribution is 5.30. The number of aromatic nitrogens is 1. The fourth-order valence-electron chi connectivity index (χ4n) is 3.70. The molecule has 1 aliphatic rings. The molecule has 0 amide bonds. The summed E-state index contributed by atoms with van der Waals surface area (Å²) in [6, 6.07) is 4.42. The van der Waals surface area contributed by atoms with E-state index in [0.717, 1.165) is 6.54 Å². The minimum absolute atomic E-state index is 0.177. The van der Waals surface area contributed by atoms with Crippen LogP contribution in [-0.4, -0.2) is 17.1 Å². The molecule has 0 bridgehead atoms. The van der Waals surface area contributed by atoms with Gasteiger partial charge >= 0.3 is 0 Å². The van der Waals surface area contributed by atoms with Crippen LogP contribution in [0.25, 0.3) is 0 Å². The van der Waals surface area contributed by atoms with Gasteiger partial charge in [0.15, 0.2) is 0 Å². The monoisotopic (exact) mass is 274 g/mol. The highest BCUT2D eigenvalue weighted by Gasteiger charge is 2.53. The molecule has 1 aromatic rings. The van der Waals surface area contributed by atoms with Crippen LogP contribution in [0.3, 0.4) is 0 Å². The molecule has 1 heterocycles. The van der Waals surface area contributed by atoms with E-state index >= 15 is 0 Å². The average Bonchev–Trinajstić information content (AvgIpc) is 2.38. The van der Waals surface area contributed by atoms with Crippen molar-refractivity contribution in [1.82, 2.24) is 10.3 Å². The molecule has 20 heavy (non-hydrogen) atoms. The third kappa shape index (κ3) is 3.06. The number of hydrogen-bond acceptors (Lipinski definition) is 2. The van der Waals surface area contributed by atoms with Crippen LogP contribution < -0.4 is 5.32 Å². The number of pyridine rings is 1. The molecule has 2 nitrogen and oxygen atoms in total. The Bertz CT molecular complexity index is 418. The first-order chi connectivity index (χ1) is 9.35. The van der Waals surface area contributed by atoms with E-state index in [1.165, 1.54) is 31.2 Å². The molecule has 1 N–H and O–H groups in total. The van der Waals surface area contributed by atoms with E-state index in [0.29, 0.717) is 10.8 Å². The van der Waals surface area contributed by atoms with Gasteiger partial charge < -0.3 is 5.32 Å². The molecule has 2 rings (SSSR count). The number of hydrogen-bond donors (Lipinski definition) is 1. The van der Waals surface area contributed by atoms with Gasteiger partial charge in [0.25, 0.3) is 0 Å². The van der Waals surface area contributed by atoms with Crippen molar-refractivity contribution in [2.45, 2.75) is 71.3 Å². The Hall–Kier alpha value is -0.890. The molecule has 112 valence electrons. The topological polar surface area (TPSA) is 24.9 Å². The maximum Gasteiger partial charge on any atom is 0.0270 e. The van der Waals surface area contributed by atoms with E-state index in [2.05, 4.69) is 57.1 Å². The van der Waals surface area contributed by atoms with E-state index < -0.39 is 0 Å². The van der Waals surface area contributed by atoms with Crippen molar-refractivity contribution < 1.29 is 0 Å². The van der Waals surface area contributed by atoms with Crippen molar-refractivity contribution in [2.75, 3.05) is 6.54 Å². The summed E-state index contributed by atoms with van der Waals surface area (Å²) < 4.78 is 0. The van der Waals surface area contributed by atoms with Crippen molar-refractivity contribution >= 4 is 0 Å². The molecular formula is C18H30N2. The van der Waals surface area contributed by atoms with Crippen LogP contribution >= 0.6 is 0 Å². The fourth-order valence-corrected chi connectivity index (χ4v) is 3.70. The Labute approximate surface area is 124 Å². The zero-order valence-electron chi connectivity index (χ0n) is 13.8. The van der Waals surface area contributed by atoms with Gasteiger partial charge in [0.1, 0.15) is 0 Å². The SMILES string of the molecule is CCC1(CC)CC(CNC(C)(C)C)(c2ccncc2)C1. The Morgan fingerprint density at radius 1 is 1.10 bits per heavy atom. The predicted molar refractivity (Wildman–Crippen MR) is 85.9 cm³/mol. The molecule has 2 heteroatoms. The van der Waals surface area contributed by atoms with Gasteiger partial charge in [-0.3, -0.25) is 4.98 Å². The second-order valence-electron chi connectivity index (χ2n) is 7.68. The van der Waals surface area contributed by atoms with E-state index in [4.69, 9.17) is 0 Å². The summed E-state index contributed by atoms with van der Waals surface area (Å²) >= 11 is 0. The quantitative estimate of drug-likeness (QED) is 0.865. The van der Waals surface area contributed by atoms with Crippen LogP contribution in [0.2, 0.25) is 0 Å². The summed E-state index contributed by atoms with van der Waals surface area (Å²) in [5.74, 6) is 0. The molecule has 0 atom stereocenters. The maximum absolute atomic E-state index is 4.18. The van der Waals surface area contributed by atoms with Crippen molar-refractivity contribution in [2.24, 2.45) is 5.41 Å².